The first-order valence-electron chi connectivity index (χ1n) is 5.60. The van der Waals surface area contributed by atoms with Crippen molar-refractivity contribution < 1.29 is 14.7 Å². The summed E-state index contributed by atoms with van der Waals surface area (Å²) in [6, 6.07) is 0.565. The van der Waals surface area contributed by atoms with Gasteiger partial charge in [-0.2, -0.15) is 0 Å². The lowest BCUT2D eigenvalue weighted by Gasteiger charge is -2.18. The Labute approximate surface area is 109 Å². The van der Waals surface area contributed by atoms with E-state index < -0.39 is 17.7 Å². The monoisotopic (exact) mass is 306 g/mol. The molecule has 0 aliphatic heterocycles. The first-order valence-corrected chi connectivity index (χ1v) is 6.72. The van der Waals surface area contributed by atoms with Crippen LogP contribution in [0.3, 0.4) is 0 Å². The van der Waals surface area contributed by atoms with Crippen LogP contribution in [0.5, 0.6) is 0 Å². The van der Waals surface area contributed by atoms with Crippen molar-refractivity contribution in [2.24, 2.45) is 11.7 Å². The maximum atomic E-state index is 10.9. The molecular formula is C11H19BrN2O3. The van der Waals surface area contributed by atoms with Crippen LogP contribution >= 0.6 is 15.9 Å². The molecule has 1 rings (SSSR count). The van der Waals surface area contributed by atoms with Crippen molar-refractivity contribution >= 4 is 33.4 Å². The van der Waals surface area contributed by atoms with Crippen LogP contribution in [0.25, 0.3) is 0 Å². The second-order valence-electron chi connectivity index (χ2n) is 3.96. The summed E-state index contributed by atoms with van der Waals surface area (Å²) in [7, 11) is 0. The molecule has 0 spiro atoms. The van der Waals surface area contributed by atoms with E-state index in [2.05, 4.69) is 15.9 Å². The summed E-state index contributed by atoms with van der Waals surface area (Å²) >= 11 is 2.88. The molecule has 98 valence electrons. The first-order chi connectivity index (χ1) is 7.93. The van der Waals surface area contributed by atoms with E-state index in [9.17, 15) is 9.59 Å². The van der Waals surface area contributed by atoms with Gasteiger partial charge >= 0.3 is 5.97 Å². The number of halogens is 1. The number of nitrogens with two attached hydrogens (primary N) is 1. The highest BCUT2D eigenvalue weighted by Crippen LogP contribution is 2.14. The fourth-order valence-electron chi connectivity index (χ4n) is 1.21. The number of nitrogens with one attached hydrogen (secondary N) is 1. The zero-order valence-corrected chi connectivity index (χ0v) is 11.5. The molecule has 5 nitrogen and oxygen atoms in total. The number of ketones is 1. The van der Waals surface area contributed by atoms with Gasteiger partial charge in [0.1, 0.15) is 5.92 Å². The Morgan fingerprint density at radius 2 is 2.00 bits per heavy atom. The van der Waals surface area contributed by atoms with E-state index in [1.54, 1.807) is 6.92 Å². The number of aliphatic carboxylic acids is 1. The number of hydrogen-bond acceptors (Lipinski definition) is 4. The predicted octanol–water partition coefficient (Wildman–Crippen LogP) is 1.58. The maximum absolute atomic E-state index is 10.9. The highest BCUT2D eigenvalue weighted by molar-refractivity contribution is 9.09. The fourth-order valence-corrected chi connectivity index (χ4v) is 1.51. The molecule has 0 heterocycles. The number of carboxylic acid groups (broad SMARTS) is 1. The molecule has 4 N–H and O–H groups in total. The van der Waals surface area contributed by atoms with Crippen molar-refractivity contribution in [2.75, 3.05) is 5.33 Å². The third-order valence-electron chi connectivity index (χ3n) is 2.63. The van der Waals surface area contributed by atoms with Crippen LogP contribution < -0.4 is 5.73 Å². The first kappa shape index (κ1) is 16.2. The zero-order valence-electron chi connectivity index (χ0n) is 9.91. The largest absolute Gasteiger partial charge is 0.481 e. The second-order valence-corrected chi connectivity index (χ2v) is 4.52. The Balaban J connectivity index is 0.000000419. The van der Waals surface area contributed by atoms with Crippen LogP contribution in [-0.2, 0) is 9.59 Å². The standard InChI is InChI=1S/C7H10BrNO3.C4H9N/c1-2-4(7(11)12)6(9)5(10)3-8;5-4-2-1-3-4/h4,9H,2-3H2,1H3,(H,11,12);4H,1-3,5H2/t4-;/m0./s1. The number of alkyl halides is 1. The van der Waals surface area contributed by atoms with Gasteiger partial charge in [0.2, 0.25) is 0 Å². The average molecular weight is 307 g/mol. The summed E-state index contributed by atoms with van der Waals surface area (Å²) in [6.45, 7) is 1.63. The van der Waals surface area contributed by atoms with Crippen molar-refractivity contribution in [1.82, 2.24) is 0 Å². The summed E-state index contributed by atoms with van der Waals surface area (Å²) in [5.74, 6) is -2.55. The van der Waals surface area contributed by atoms with Gasteiger partial charge < -0.3 is 16.2 Å². The molecule has 17 heavy (non-hydrogen) atoms. The number of carboxylic acids is 1. The normalized spacial score (nSPS) is 16.2. The molecule has 0 amide bonds. The Kier molecular flexibility index (Phi) is 7.99. The van der Waals surface area contributed by atoms with E-state index in [1.807, 2.05) is 0 Å². The molecule has 0 aromatic carbocycles. The number of carbonyl (C=O) groups is 2. The van der Waals surface area contributed by atoms with Crippen molar-refractivity contribution in [1.29, 1.82) is 5.41 Å². The number of carbonyl (C=O) groups excluding carboxylic acids is 1. The van der Waals surface area contributed by atoms with Crippen molar-refractivity contribution in [3.05, 3.63) is 0 Å². The molecule has 1 atom stereocenters. The third kappa shape index (κ3) is 5.93. The summed E-state index contributed by atoms with van der Waals surface area (Å²) in [4.78, 5) is 21.4. The van der Waals surface area contributed by atoms with Gasteiger partial charge in [-0.15, -0.1) is 0 Å². The lowest BCUT2D eigenvalue weighted by atomic mass is 9.95. The van der Waals surface area contributed by atoms with Crippen molar-refractivity contribution in [3.63, 3.8) is 0 Å². The summed E-state index contributed by atoms with van der Waals surface area (Å²) in [5.41, 5.74) is 5.05. The number of Topliss-reactive ketones (excluding diaryl/α,β-unsaturated/α-hetero) is 1. The molecule has 0 radical (unpaired) electrons. The lowest BCUT2D eigenvalue weighted by Crippen LogP contribution is -2.29. The second kappa shape index (κ2) is 8.36. The van der Waals surface area contributed by atoms with E-state index >= 15 is 0 Å². The molecule has 1 aliphatic carbocycles. The van der Waals surface area contributed by atoms with Gasteiger partial charge in [0.15, 0.2) is 5.78 Å². The third-order valence-corrected chi connectivity index (χ3v) is 3.14. The zero-order chi connectivity index (χ0) is 13.4. The molecule has 0 aromatic rings. The highest BCUT2D eigenvalue weighted by atomic mass is 79.9. The maximum Gasteiger partial charge on any atom is 0.312 e. The quantitative estimate of drug-likeness (QED) is 0.530. The van der Waals surface area contributed by atoms with Crippen LogP contribution in [0, 0.1) is 11.3 Å². The summed E-state index contributed by atoms with van der Waals surface area (Å²) in [5, 5.41) is 15.8. The van der Waals surface area contributed by atoms with Gasteiger partial charge in [-0.3, -0.25) is 9.59 Å². The van der Waals surface area contributed by atoms with E-state index in [4.69, 9.17) is 16.2 Å². The number of hydrogen-bond donors (Lipinski definition) is 3. The lowest BCUT2D eigenvalue weighted by molar-refractivity contribution is -0.139. The molecule has 0 unspecified atom stereocenters. The van der Waals surface area contributed by atoms with E-state index in [0.29, 0.717) is 6.04 Å². The molecular weight excluding hydrogens is 288 g/mol. The van der Waals surface area contributed by atoms with Crippen LogP contribution in [0.1, 0.15) is 32.6 Å². The van der Waals surface area contributed by atoms with Gasteiger partial charge in [0.25, 0.3) is 0 Å². The van der Waals surface area contributed by atoms with Crippen molar-refractivity contribution in [3.8, 4) is 0 Å². The topological polar surface area (TPSA) is 104 Å². The SMILES string of the molecule is CC[C@@H](C(=N)C(=O)CBr)C(=O)O.NC1CCC1. The van der Waals surface area contributed by atoms with Gasteiger partial charge in [0, 0.05) is 6.04 Å². The van der Waals surface area contributed by atoms with Crippen LogP contribution in [0.4, 0.5) is 0 Å². The molecule has 0 saturated heterocycles. The Morgan fingerprint density at radius 3 is 2.18 bits per heavy atom. The Morgan fingerprint density at radius 1 is 1.53 bits per heavy atom. The molecule has 6 heteroatoms. The highest BCUT2D eigenvalue weighted by Gasteiger charge is 2.24. The van der Waals surface area contributed by atoms with E-state index in [-0.39, 0.29) is 17.5 Å². The molecule has 1 aliphatic rings. The molecule has 0 bridgehead atoms. The minimum atomic E-state index is -1.11. The summed E-state index contributed by atoms with van der Waals surface area (Å²) < 4.78 is 0. The summed E-state index contributed by atoms with van der Waals surface area (Å²) in [6.07, 6.45) is 4.16. The molecule has 1 fully saturated rings. The van der Waals surface area contributed by atoms with E-state index in [1.165, 1.54) is 19.3 Å². The fraction of sp³-hybridized carbons (Fsp3) is 0.727. The molecule has 1 saturated carbocycles. The van der Waals surface area contributed by atoms with Gasteiger partial charge in [-0.05, 0) is 19.3 Å². The Bertz CT molecular complexity index is 290. The van der Waals surface area contributed by atoms with E-state index in [0.717, 1.165) is 0 Å². The van der Waals surface area contributed by atoms with Crippen LogP contribution in [0.2, 0.25) is 0 Å². The minimum absolute atomic E-state index is 0.00954. The number of rotatable bonds is 5. The Hall–Kier alpha value is -0.750. The predicted molar refractivity (Wildman–Crippen MR) is 69.8 cm³/mol. The van der Waals surface area contributed by atoms with Gasteiger partial charge in [-0.1, -0.05) is 29.3 Å². The smallest absolute Gasteiger partial charge is 0.312 e. The minimum Gasteiger partial charge on any atom is -0.481 e. The average Bonchev–Trinajstić information content (AvgIpc) is 2.26. The van der Waals surface area contributed by atoms with Gasteiger partial charge in [-0.25, -0.2) is 0 Å². The van der Waals surface area contributed by atoms with Crippen LogP contribution in [0.15, 0.2) is 0 Å². The van der Waals surface area contributed by atoms with Gasteiger partial charge in [0.05, 0.1) is 11.0 Å². The van der Waals surface area contributed by atoms with Crippen LogP contribution in [-0.4, -0.2) is 33.9 Å². The van der Waals surface area contributed by atoms with Crippen molar-refractivity contribution in [2.45, 2.75) is 38.6 Å². The molecule has 0 aromatic heterocycles.